The largest absolute Gasteiger partial charge is 0.497 e. The Labute approximate surface area is 157 Å². The maximum Gasteiger partial charge on any atom is 0.325 e. The van der Waals surface area contributed by atoms with Gasteiger partial charge in [0.05, 0.1) is 13.7 Å². The highest BCUT2D eigenvalue weighted by atomic mass is 16.5. The molecule has 4 amide bonds. The lowest BCUT2D eigenvalue weighted by Gasteiger charge is -2.13. The Bertz CT molecular complexity index is 847. The fourth-order valence-electron chi connectivity index (χ4n) is 2.83. The predicted molar refractivity (Wildman–Crippen MR) is 101 cm³/mol. The number of nitrogens with one attached hydrogen (secondary N) is 2. The highest BCUT2D eigenvalue weighted by Gasteiger charge is 2.36. The van der Waals surface area contributed by atoms with Crippen LogP contribution in [-0.2, 0) is 11.3 Å². The SMILES string of the molecule is CC[C@@H]1NC(=O)N(Cc2ccc(C(=O)Nc3ccc(OC)cc3)cc2)C1=O. The standard InChI is InChI=1S/C20H21N3O4/c1-3-17-19(25)23(20(26)22-17)12-13-4-6-14(7-5-13)18(24)21-15-8-10-16(27-2)11-9-15/h4-11,17H,3,12H2,1-2H3,(H,21,24)(H,22,26)/t17-/m0/s1. The number of carbonyl (C=O) groups excluding carboxylic acids is 3. The molecule has 1 heterocycles. The zero-order valence-corrected chi connectivity index (χ0v) is 15.2. The predicted octanol–water partition coefficient (Wildman–Crippen LogP) is 2.78. The van der Waals surface area contributed by atoms with Crippen molar-refractivity contribution < 1.29 is 19.1 Å². The molecular weight excluding hydrogens is 346 g/mol. The van der Waals surface area contributed by atoms with Crippen LogP contribution in [0.3, 0.4) is 0 Å². The summed E-state index contributed by atoms with van der Waals surface area (Å²) >= 11 is 0. The van der Waals surface area contributed by atoms with Gasteiger partial charge in [0.15, 0.2) is 0 Å². The van der Waals surface area contributed by atoms with Gasteiger partial charge in [0, 0.05) is 11.3 Å². The van der Waals surface area contributed by atoms with E-state index in [4.69, 9.17) is 4.74 Å². The van der Waals surface area contributed by atoms with Crippen molar-refractivity contribution in [2.45, 2.75) is 25.9 Å². The molecule has 1 aliphatic rings. The Morgan fingerprint density at radius 2 is 1.78 bits per heavy atom. The van der Waals surface area contributed by atoms with Crippen molar-refractivity contribution in [1.29, 1.82) is 0 Å². The molecule has 1 aliphatic heterocycles. The van der Waals surface area contributed by atoms with Crippen molar-refractivity contribution in [3.63, 3.8) is 0 Å². The van der Waals surface area contributed by atoms with Crippen LogP contribution < -0.4 is 15.4 Å². The molecule has 0 aromatic heterocycles. The molecular formula is C20H21N3O4. The lowest BCUT2D eigenvalue weighted by molar-refractivity contribution is -0.127. The number of nitrogens with zero attached hydrogens (tertiary/aromatic N) is 1. The van der Waals surface area contributed by atoms with E-state index in [2.05, 4.69) is 10.6 Å². The van der Waals surface area contributed by atoms with Crippen LogP contribution in [0.4, 0.5) is 10.5 Å². The van der Waals surface area contributed by atoms with E-state index >= 15 is 0 Å². The van der Waals surface area contributed by atoms with E-state index in [1.807, 2.05) is 6.92 Å². The molecule has 1 atom stereocenters. The lowest BCUT2D eigenvalue weighted by atomic mass is 10.1. The number of methoxy groups -OCH3 is 1. The summed E-state index contributed by atoms with van der Waals surface area (Å²) in [7, 11) is 1.58. The molecule has 7 nitrogen and oxygen atoms in total. The first-order valence-corrected chi connectivity index (χ1v) is 8.68. The van der Waals surface area contributed by atoms with E-state index in [-0.39, 0.29) is 24.4 Å². The second-order valence-corrected chi connectivity index (χ2v) is 6.21. The third-order valence-corrected chi connectivity index (χ3v) is 4.42. The second kappa shape index (κ2) is 7.90. The number of urea groups is 1. The molecule has 1 fully saturated rings. The summed E-state index contributed by atoms with van der Waals surface area (Å²) in [4.78, 5) is 37.6. The molecule has 0 bridgehead atoms. The molecule has 2 aromatic carbocycles. The minimum absolute atomic E-state index is 0.182. The summed E-state index contributed by atoms with van der Waals surface area (Å²) in [5.41, 5.74) is 1.92. The Morgan fingerprint density at radius 1 is 1.11 bits per heavy atom. The minimum atomic E-state index is -0.452. The quantitative estimate of drug-likeness (QED) is 0.769. The van der Waals surface area contributed by atoms with E-state index in [1.54, 1.807) is 55.6 Å². The maximum atomic E-state index is 12.3. The van der Waals surface area contributed by atoms with Crippen LogP contribution in [0, 0.1) is 0 Å². The Morgan fingerprint density at radius 3 is 2.33 bits per heavy atom. The number of amides is 4. The number of hydrogen-bond acceptors (Lipinski definition) is 4. The van der Waals surface area contributed by atoms with Crippen molar-refractivity contribution in [3.05, 3.63) is 59.7 Å². The van der Waals surface area contributed by atoms with Gasteiger partial charge >= 0.3 is 6.03 Å². The van der Waals surface area contributed by atoms with E-state index in [9.17, 15) is 14.4 Å². The summed E-state index contributed by atoms with van der Waals surface area (Å²) in [6.45, 7) is 2.03. The van der Waals surface area contributed by atoms with Crippen molar-refractivity contribution in [1.82, 2.24) is 10.2 Å². The first-order chi connectivity index (χ1) is 13.0. The van der Waals surface area contributed by atoms with Gasteiger partial charge in [-0.25, -0.2) is 4.79 Å². The summed E-state index contributed by atoms with van der Waals surface area (Å²) in [5.74, 6) is 0.250. The molecule has 0 aliphatic carbocycles. The van der Waals surface area contributed by atoms with E-state index in [1.165, 1.54) is 4.90 Å². The number of carbonyl (C=O) groups is 3. The number of hydrogen-bond donors (Lipinski definition) is 2. The first kappa shape index (κ1) is 18.4. The van der Waals surface area contributed by atoms with Crippen LogP contribution in [0.2, 0.25) is 0 Å². The Kier molecular flexibility index (Phi) is 5.40. The van der Waals surface area contributed by atoms with Crippen molar-refractivity contribution in [2.24, 2.45) is 0 Å². The van der Waals surface area contributed by atoms with Gasteiger partial charge in [-0.05, 0) is 48.4 Å². The van der Waals surface area contributed by atoms with Gasteiger partial charge in [0.2, 0.25) is 0 Å². The summed E-state index contributed by atoms with van der Waals surface area (Å²) in [6.07, 6.45) is 0.561. The zero-order valence-electron chi connectivity index (χ0n) is 15.2. The molecule has 2 aromatic rings. The van der Waals surface area contributed by atoms with Gasteiger partial charge in [0.25, 0.3) is 11.8 Å². The molecule has 0 unspecified atom stereocenters. The number of anilines is 1. The first-order valence-electron chi connectivity index (χ1n) is 8.68. The molecule has 0 saturated carbocycles. The Balaban J connectivity index is 1.63. The fraction of sp³-hybridized carbons (Fsp3) is 0.250. The van der Waals surface area contributed by atoms with Crippen LogP contribution in [-0.4, -0.2) is 35.9 Å². The summed E-state index contributed by atoms with van der Waals surface area (Å²) < 4.78 is 5.09. The van der Waals surface area contributed by atoms with Crippen LogP contribution in [0.1, 0.15) is 29.3 Å². The molecule has 27 heavy (non-hydrogen) atoms. The third kappa shape index (κ3) is 4.08. The van der Waals surface area contributed by atoms with E-state index in [0.717, 1.165) is 5.56 Å². The number of imide groups is 1. The zero-order chi connectivity index (χ0) is 19.4. The number of benzene rings is 2. The van der Waals surface area contributed by atoms with Crippen molar-refractivity contribution in [2.75, 3.05) is 12.4 Å². The molecule has 7 heteroatoms. The fourth-order valence-corrected chi connectivity index (χ4v) is 2.83. The molecule has 2 N–H and O–H groups in total. The maximum absolute atomic E-state index is 12.3. The van der Waals surface area contributed by atoms with Gasteiger partial charge in [-0.2, -0.15) is 0 Å². The monoisotopic (exact) mass is 367 g/mol. The van der Waals surface area contributed by atoms with Crippen LogP contribution >= 0.6 is 0 Å². The molecule has 3 rings (SSSR count). The highest BCUT2D eigenvalue weighted by Crippen LogP contribution is 2.17. The van der Waals surface area contributed by atoms with Crippen LogP contribution in [0.5, 0.6) is 5.75 Å². The average molecular weight is 367 g/mol. The van der Waals surface area contributed by atoms with Gasteiger partial charge in [-0.15, -0.1) is 0 Å². The summed E-state index contributed by atoms with van der Waals surface area (Å²) in [5, 5.41) is 5.46. The normalized spacial score (nSPS) is 16.2. The van der Waals surface area contributed by atoms with Crippen LogP contribution in [0.25, 0.3) is 0 Å². The van der Waals surface area contributed by atoms with Gasteiger partial charge < -0.3 is 15.4 Å². The van der Waals surface area contributed by atoms with Crippen LogP contribution in [0.15, 0.2) is 48.5 Å². The van der Waals surface area contributed by atoms with E-state index in [0.29, 0.717) is 23.4 Å². The smallest absolute Gasteiger partial charge is 0.325 e. The van der Waals surface area contributed by atoms with Crippen molar-refractivity contribution in [3.8, 4) is 5.75 Å². The second-order valence-electron chi connectivity index (χ2n) is 6.21. The number of ether oxygens (including phenoxy) is 1. The number of rotatable bonds is 6. The summed E-state index contributed by atoms with van der Waals surface area (Å²) in [6, 6.07) is 13.0. The van der Waals surface area contributed by atoms with E-state index < -0.39 is 6.04 Å². The van der Waals surface area contributed by atoms with Gasteiger partial charge in [-0.3, -0.25) is 14.5 Å². The van der Waals surface area contributed by atoms with Crippen molar-refractivity contribution >= 4 is 23.5 Å². The molecule has 140 valence electrons. The lowest BCUT2D eigenvalue weighted by Crippen LogP contribution is -2.30. The third-order valence-electron chi connectivity index (χ3n) is 4.42. The molecule has 1 saturated heterocycles. The average Bonchev–Trinajstić information content (AvgIpc) is 2.96. The molecule has 0 spiro atoms. The minimum Gasteiger partial charge on any atom is -0.497 e. The van der Waals surface area contributed by atoms with Gasteiger partial charge in [-0.1, -0.05) is 19.1 Å². The topological polar surface area (TPSA) is 87.7 Å². The van der Waals surface area contributed by atoms with Gasteiger partial charge in [0.1, 0.15) is 11.8 Å². The molecule has 0 radical (unpaired) electrons. The Hall–Kier alpha value is -3.35. The highest BCUT2D eigenvalue weighted by molar-refractivity contribution is 6.05.